The fourth-order valence-corrected chi connectivity index (χ4v) is 4.60. The molecule has 0 saturated heterocycles. The number of nitrogens with one attached hydrogen (secondary N) is 1. The summed E-state index contributed by atoms with van der Waals surface area (Å²) in [7, 11) is 3.11. The van der Waals surface area contributed by atoms with Crippen molar-refractivity contribution in [2.75, 3.05) is 20.8 Å². The van der Waals surface area contributed by atoms with Crippen LogP contribution >= 0.6 is 0 Å². The fourth-order valence-electron chi connectivity index (χ4n) is 4.60. The van der Waals surface area contributed by atoms with Gasteiger partial charge in [0.1, 0.15) is 23.1 Å². The SMILES string of the molecule is COc1cccc(CNC[C@@H](C)n2c(=O)c(-c3cccc(OC)c3)c(C)n(Cc3c(F)cccc3F)c2=O)c1. The van der Waals surface area contributed by atoms with Crippen LogP contribution in [0.25, 0.3) is 11.1 Å². The molecular formula is C30H31F2N3O4. The summed E-state index contributed by atoms with van der Waals surface area (Å²) in [5, 5.41) is 3.28. The zero-order chi connectivity index (χ0) is 28.1. The first kappa shape index (κ1) is 27.8. The molecule has 0 fully saturated rings. The number of rotatable bonds is 10. The van der Waals surface area contributed by atoms with Crippen LogP contribution in [-0.4, -0.2) is 29.9 Å². The number of hydrogen-bond donors (Lipinski definition) is 1. The van der Waals surface area contributed by atoms with Crippen molar-refractivity contribution in [3.63, 3.8) is 0 Å². The Hall–Kier alpha value is -4.24. The zero-order valence-corrected chi connectivity index (χ0v) is 22.3. The van der Waals surface area contributed by atoms with Gasteiger partial charge in [-0.05, 0) is 61.4 Å². The number of benzene rings is 3. The molecule has 1 atom stereocenters. The van der Waals surface area contributed by atoms with Gasteiger partial charge in [-0.2, -0.15) is 0 Å². The molecule has 9 heteroatoms. The standard InChI is InChI=1S/C30H31F2N3O4/c1-19(16-33-17-21-8-5-10-23(14-21)38-3)35-29(36)28(22-9-6-11-24(15-22)39-4)20(2)34(30(35)37)18-25-26(31)12-7-13-27(25)32/h5-15,19,33H,16-18H2,1-4H3/t19-/m1/s1. The number of nitrogens with zero attached hydrogens (tertiary/aromatic N) is 2. The largest absolute Gasteiger partial charge is 0.497 e. The Kier molecular flexibility index (Phi) is 8.61. The van der Waals surface area contributed by atoms with Crippen LogP contribution < -0.4 is 26.0 Å². The van der Waals surface area contributed by atoms with E-state index < -0.39 is 28.9 Å². The second-order valence-corrected chi connectivity index (χ2v) is 9.27. The molecule has 0 radical (unpaired) electrons. The van der Waals surface area contributed by atoms with Crippen molar-refractivity contribution in [2.45, 2.75) is 33.0 Å². The molecule has 39 heavy (non-hydrogen) atoms. The number of ether oxygens (including phenoxy) is 2. The summed E-state index contributed by atoms with van der Waals surface area (Å²) >= 11 is 0. The van der Waals surface area contributed by atoms with Crippen molar-refractivity contribution in [3.05, 3.63) is 116 Å². The molecule has 1 heterocycles. The van der Waals surface area contributed by atoms with Crippen LogP contribution in [0.1, 0.15) is 29.8 Å². The third kappa shape index (κ3) is 5.93. The molecule has 0 amide bonds. The van der Waals surface area contributed by atoms with E-state index in [0.717, 1.165) is 28.0 Å². The topological polar surface area (TPSA) is 74.5 Å². The molecule has 0 aliphatic rings. The minimum Gasteiger partial charge on any atom is -0.497 e. The highest BCUT2D eigenvalue weighted by molar-refractivity contribution is 5.66. The molecule has 7 nitrogen and oxygen atoms in total. The van der Waals surface area contributed by atoms with Gasteiger partial charge in [-0.15, -0.1) is 0 Å². The first-order chi connectivity index (χ1) is 18.7. The van der Waals surface area contributed by atoms with Crippen LogP contribution in [0.4, 0.5) is 8.78 Å². The van der Waals surface area contributed by atoms with Gasteiger partial charge in [-0.1, -0.05) is 30.3 Å². The van der Waals surface area contributed by atoms with E-state index in [1.165, 1.54) is 17.7 Å². The van der Waals surface area contributed by atoms with E-state index in [9.17, 15) is 18.4 Å². The molecule has 3 aromatic carbocycles. The molecule has 1 aromatic heterocycles. The molecule has 0 saturated carbocycles. The van der Waals surface area contributed by atoms with Crippen molar-refractivity contribution < 1.29 is 18.3 Å². The molecule has 0 spiro atoms. The molecular weight excluding hydrogens is 504 g/mol. The van der Waals surface area contributed by atoms with Crippen molar-refractivity contribution >= 4 is 0 Å². The van der Waals surface area contributed by atoms with Gasteiger partial charge < -0.3 is 14.8 Å². The van der Waals surface area contributed by atoms with Crippen LogP contribution in [0.2, 0.25) is 0 Å². The first-order valence-corrected chi connectivity index (χ1v) is 12.5. The van der Waals surface area contributed by atoms with Gasteiger partial charge in [-0.25, -0.2) is 13.6 Å². The third-order valence-corrected chi connectivity index (χ3v) is 6.72. The van der Waals surface area contributed by atoms with E-state index in [2.05, 4.69) is 5.32 Å². The Bertz CT molecular complexity index is 1580. The minimum atomic E-state index is -0.769. The first-order valence-electron chi connectivity index (χ1n) is 12.5. The van der Waals surface area contributed by atoms with E-state index in [4.69, 9.17) is 9.47 Å². The number of aromatic nitrogens is 2. The van der Waals surface area contributed by atoms with Gasteiger partial charge in [0.25, 0.3) is 5.56 Å². The summed E-state index contributed by atoms with van der Waals surface area (Å²) in [6, 6.07) is 17.5. The van der Waals surface area contributed by atoms with Crippen LogP contribution in [0.3, 0.4) is 0 Å². The summed E-state index contributed by atoms with van der Waals surface area (Å²) in [5.41, 5.74) is 0.660. The summed E-state index contributed by atoms with van der Waals surface area (Å²) in [6.07, 6.45) is 0. The Morgan fingerprint density at radius 3 is 2.18 bits per heavy atom. The quantitative estimate of drug-likeness (QED) is 0.319. The summed E-state index contributed by atoms with van der Waals surface area (Å²) in [6.45, 7) is 3.76. The van der Waals surface area contributed by atoms with Gasteiger partial charge >= 0.3 is 5.69 Å². The average molecular weight is 536 g/mol. The predicted molar refractivity (Wildman–Crippen MR) is 147 cm³/mol. The van der Waals surface area contributed by atoms with Gasteiger partial charge in [0.05, 0.1) is 32.4 Å². The van der Waals surface area contributed by atoms with Crippen molar-refractivity contribution in [1.82, 2.24) is 14.5 Å². The minimum absolute atomic E-state index is 0.255. The predicted octanol–water partition coefficient (Wildman–Crippen LogP) is 4.68. The lowest BCUT2D eigenvalue weighted by molar-refractivity contribution is 0.413. The second-order valence-electron chi connectivity index (χ2n) is 9.27. The Labute approximate surface area is 225 Å². The molecule has 0 aliphatic carbocycles. The highest BCUT2D eigenvalue weighted by atomic mass is 19.1. The van der Waals surface area contributed by atoms with Crippen LogP contribution in [0, 0.1) is 18.6 Å². The molecule has 204 valence electrons. The summed E-state index contributed by atoms with van der Waals surface area (Å²) in [4.78, 5) is 27.5. The second kappa shape index (κ2) is 12.1. The lowest BCUT2D eigenvalue weighted by Gasteiger charge is -2.22. The fraction of sp³-hybridized carbons (Fsp3) is 0.267. The van der Waals surface area contributed by atoms with Gasteiger partial charge in [-0.3, -0.25) is 13.9 Å². The maximum atomic E-state index is 14.6. The Morgan fingerprint density at radius 2 is 1.51 bits per heavy atom. The smallest absolute Gasteiger partial charge is 0.331 e. The maximum Gasteiger partial charge on any atom is 0.331 e. The highest BCUT2D eigenvalue weighted by Crippen LogP contribution is 2.25. The molecule has 0 unspecified atom stereocenters. The van der Waals surface area contributed by atoms with Crippen LogP contribution in [-0.2, 0) is 13.1 Å². The molecule has 0 bridgehead atoms. The van der Waals surface area contributed by atoms with E-state index in [1.807, 2.05) is 24.3 Å². The van der Waals surface area contributed by atoms with E-state index >= 15 is 0 Å². The maximum absolute atomic E-state index is 14.6. The molecule has 1 N–H and O–H groups in total. The lowest BCUT2D eigenvalue weighted by atomic mass is 10.0. The van der Waals surface area contributed by atoms with Gasteiger partial charge in [0.2, 0.25) is 0 Å². The summed E-state index contributed by atoms with van der Waals surface area (Å²) in [5.74, 6) is -0.281. The molecule has 0 aliphatic heterocycles. The Balaban J connectivity index is 1.78. The van der Waals surface area contributed by atoms with E-state index in [0.29, 0.717) is 30.1 Å². The Morgan fingerprint density at radius 1 is 0.897 bits per heavy atom. The van der Waals surface area contributed by atoms with E-state index in [-0.39, 0.29) is 17.7 Å². The number of methoxy groups -OCH3 is 2. The molecule has 4 rings (SSSR count). The highest BCUT2D eigenvalue weighted by Gasteiger charge is 2.23. The molecule has 4 aromatic rings. The summed E-state index contributed by atoms with van der Waals surface area (Å²) < 4.78 is 42.1. The van der Waals surface area contributed by atoms with Crippen molar-refractivity contribution in [2.24, 2.45) is 0 Å². The van der Waals surface area contributed by atoms with Crippen molar-refractivity contribution in [3.8, 4) is 22.6 Å². The normalized spacial score (nSPS) is 11.8. The van der Waals surface area contributed by atoms with Crippen LogP contribution in [0.5, 0.6) is 11.5 Å². The third-order valence-electron chi connectivity index (χ3n) is 6.72. The van der Waals surface area contributed by atoms with Crippen molar-refractivity contribution in [1.29, 1.82) is 0 Å². The number of halogens is 2. The average Bonchev–Trinajstić information content (AvgIpc) is 2.92. The van der Waals surface area contributed by atoms with Gasteiger partial charge in [0.15, 0.2) is 0 Å². The van der Waals surface area contributed by atoms with Gasteiger partial charge in [0, 0.05) is 24.3 Å². The monoisotopic (exact) mass is 535 g/mol. The lowest BCUT2D eigenvalue weighted by Crippen LogP contribution is -2.45. The zero-order valence-electron chi connectivity index (χ0n) is 22.3. The number of hydrogen-bond acceptors (Lipinski definition) is 5. The van der Waals surface area contributed by atoms with Crippen LogP contribution in [0.15, 0.2) is 76.3 Å². The van der Waals surface area contributed by atoms with E-state index in [1.54, 1.807) is 45.2 Å².